The summed E-state index contributed by atoms with van der Waals surface area (Å²) in [5.74, 6) is 0.662. The van der Waals surface area contributed by atoms with Gasteiger partial charge in [0.05, 0.1) is 6.61 Å². The van der Waals surface area contributed by atoms with Crippen molar-refractivity contribution in [3.05, 3.63) is 29.8 Å². The highest BCUT2D eigenvalue weighted by Gasteiger charge is 2.17. The second-order valence-corrected chi connectivity index (χ2v) is 5.83. The van der Waals surface area contributed by atoms with Gasteiger partial charge in [-0.05, 0) is 36.8 Å². The van der Waals surface area contributed by atoms with E-state index >= 15 is 0 Å². The summed E-state index contributed by atoms with van der Waals surface area (Å²) < 4.78 is 5.61. The van der Waals surface area contributed by atoms with E-state index in [0.29, 0.717) is 12.4 Å². The van der Waals surface area contributed by atoms with E-state index in [1.165, 1.54) is 18.7 Å². The first-order valence-electron chi connectivity index (χ1n) is 6.76. The summed E-state index contributed by atoms with van der Waals surface area (Å²) in [5.41, 5.74) is 1.15. The highest BCUT2D eigenvalue weighted by molar-refractivity contribution is 7.99. The molecule has 6 heteroatoms. The molecule has 1 aromatic rings. The Morgan fingerprint density at radius 3 is 2.81 bits per heavy atom. The molecule has 21 heavy (non-hydrogen) atoms. The predicted molar refractivity (Wildman–Crippen MR) is 83.9 cm³/mol. The van der Waals surface area contributed by atoms with E-state index in [4.69, 9.17) is 9.84 Å². The molecular weight excluding hydrogens is 290 g/mol. The number of aryl methyl sites for hydroxylation is 1. The lowest BCUT2D eigenvalue weighted by molar-refractivity contribution is -0.140. The number of nitrogens with one attached hydrogen (secondary N) is 1. The fraction of sp³-hybridized carbons (Fsp3) is 0.467. The van der Waals surface area contributed by atoms with Gasteiger partial charge in [0.15, 0.2) is 0 Å². The summed E-state index contributed by atoms with van der Waals surface area (Å²) in [7, 11) is 0. The predicted octanol–water partition coefficient (Wildman–Crippen LogP) is 2.09. The minimum Gasteiger partial charge on any atom is -0.494 e. The maximum atomic E-state index is 10.9. The fourth-order valence-corrected chi connectivity index (χ4v) is 2.63. The maximum absolute atomic E-state index is 10.9. The van der Waals surface area contributed by atoms with Crippen molar-refractivity contribution in [1.82, 2.24) is 5.32 Å². The number of carbonyl (C=O) groups excluding carboxylic acids is 1. The topological polar surface area (TPSA) is 75.6 Å². The smallest absolute Gasteiger partial charge is 0.327 e. The Hall–Kier alpha value is -1.69. The lowest BCUT2D eigenvalue weighted by atomic mass is 10.2. The molecule has 0 saturated carbocycles. The summed E-state index contributed by atoms with van der Waals surface area (Å²) in [6, 6.07) is 7.02. The van der Waals surface area contributed by atoms with Gasteiger partial charge in [0.25, 0.3) is 0 Å². The Morgan fingerprint density at radius 1 is 1.43 bits per heavy atom. The van der Waals surface area contributed by atoms with E-state index < -0.39 is 12.0 Å². The van der Waals surface area contributed by atoms with Crippen LogP contribution < -0.4 is 10.1 Å². The third kappa shape index (κ3) is 7.60. The van der Waals surface area contributed by atoms with Crippen LogP contribution in [0.2, 0.25) is 0 Å². The quantitative estimate of drug-likeness (QED) is 0.683. The van der Waals surface area contributed by atoms with Gasteiger partial charge in [-0.3, -0.25) is 4.79 Å². The molecule has 0 fully saturated rings. The molecule has 116 valence electrons. The molecule has 5 nitrogen and oxygen atoms in total. The number of carboxylic acid groups (broad SMARTS) is 1. The van der Waals surface area contributed by atoms with Crippen molar-refractivity contribution >= 4 is 23.6 Å². The lowest BCUT2D eigenvalue weighted by Crippen LogP contribution is -2.41. The number of thioether (sulfide) groups is 1. The van der Waals surface area contributed by atoms with Gasteiger partial charge in [0, 0.05) is 12.7 Å². The zero-order chi connectivity index (χ0) is 15.7. The van der Waals surface area contributed by atoms with Crippen molar-refractivity contribution in [3.63, 3.8) is 0 Å². The molecule has 2 N–H and O–H groups in total. The number of carbonyl (C=O) groups is 2. The molecule has 1 unspecified atom stereocenters. The molecule has 0 saturated heterocycles. The van der Waals surface area contributed by atoms with Crippen LogP contribution in [0.25, 0.3) is 0 Å². The number of hydrogen-bond acceptors (Lipinski definition) is 4. The van der Waals surface area contributed by atoms with Crippen LogP contribution >= 0.6 is 11.8 Å². The molecule has 1 aromatic carbocycles. The van der Waals surface area contributed by atoms with E-state index in [9.17, 15) is 9.59 Å². The third-order valence-electron chi connectivity index (χ3n) is 2.65. The molecule has 0 heterocycles. The summed E-state index contributed by atoms with van der Waals surface area (Å²) in [6.07, 6.45) is 0.824. The first-order valence-corrected chi connectivity index (χ1v) is 7.91. The largest absolute Gasteiger partial charge is 0.494 e. The molecule has 0 aliphatic heterocycles. The highest BCUT2D eigenvalue weighted by atomic mass is 32.2. The van der Waals surface area contributed by atoms with E-state index in [1.807, 2.05) is 31.2 Å². The highest BCUT2D eigenvalue weighted by Crippen LogP contribution is 2.13. The third-order valence-corrected chi connectivity index (χ3v) is 3.80. The van der Waals surface area contributed by atoms with Gasteiger partial charge in [0.2, 0.25) is 5.91 Å². The molecule has 0 bridgehead atoms. The van der Waals surface area contributed by atoms with Crippen LogP contribution in [0.1, 0.15) is 18.9 Å². The van der Waals surface area contributed by atoms with Gasteiger partial charge in [-0.1, -0.05) is 12.1 Å². The molecule has 0 aliphatic carbocycles. The number of benzene rings is 1. The molecule has 0 radical (unpaired) electrons. The van der Waals surface area contributed by atoms with Crippen molar-refractivity contribution in [3.8, 4) is 5.75 Å². The Morgan fingerprint density at radius 2 is 2.19 bits per heavy atom. The van der Waals surface area contributed by atoms with Crippen molar-refractivity contribution < 1.29 is 19.4 Å². The van der Waals surface area contributed by atoms with Gasteiger partial charge in [-0.2, -0.15) is 11.8 Å². The van der Waals surface area contributed by atoms with Gasteiger partial charge >= 0.3 is 5.97 Å². The summed E-state index contributed by atoms with van der Waals surface area (Å²) >= 11 is 1.49. The maximum Gasteiger partial charge on any atom is 0.327 e. The SMILES string of the molecule is CC(=O)NC(CSCCCOc1cccc(C)c1)C(=O)O. The van der Waals surface area contributed by atoms with Crippen molar-refractivity contribution in [2.45, 2.75) is 26.3 Å². The van der Waals surface area contributed by atoms with Crippen LogP contribution in [-0.2, 0) is 9.59 Å². The Bertz CT molecular complexity index is 478. The van der Waals surface area contributed by atoms with Crippen molar-refractivity contribution in [2.75, 3.05) is 18.1 Å². The van der Waals surface area contributed by atoms with E-state index in [2.05, 4.69) is 5.32 Å². The number of aliphatic carboxylic acids is 1. The molecule has 0 spiro atoms. The van der Waals surface area contributed by atoms with Crippen LogP contribution in [-0.4, -0.2) is 41.1 Å². The second kappa shape index (κ2) is 9.28. The van der Waals surface area contributed by atoms with E-state index in [-0.39, 0.29) is 5.91 Å². The molecule has 1 atom stereocenters. The van der Waals surface area contributed by atoms with Gasteiger partial charge in [-0.25, -0.2) is 4.79 Å². The molecule has 1 rings (SSSR count). The monoisotopic (exact) mass is 311 g/mol. The first kappa shape index (κ1) is 17.4. The summed E-state index contributed by atoms with van der Waals surface area (Å²) in [6.45, 7) is 3.92. The fourth-order valence-electron chi connectivity index (χ4n) is 1.68. The van der Waals surface area contributed by atoms with Crippen LogP contribution in [0.5, 0.6) is 5.75 Å². The van der Waals surface area contributed by atoms with Gasteiger partial charge in [0.1, 0.15) is 11.8 Å². The number of amides is 1. The van der Waals surface area contributed by atoms with Gasteiger partial charge in [-0.15, -0.1) is 0 Å². The minimum atomic E-state index is -1.01. The lowest BCUT2D eigenvalue weighted by Gasteiger charge is -2.12. The summed E-state index contributed by atoms with van der Waals surface area (Å²) in [5, 5.41) is 11.4. The molecule has 0 aromatic heterocycles. The Balaban J connectivity index is 2.16. The molecule has 0 aliphatic rings. The van der Waals surface area contributed by atoms with Crippen molar-refractivity contribution in [1.29, 1.82) is 0 Å². The Labute approximate surface area is 129 Å². The van der Waals surface area contributed by atoms with E-state index in [1.54, 1.807) is 0 Å². The normalized spacial score (nSPS) is 11.7. The average molecular weight is 311 g/mol. The first-order chi connectivity index (χ1) is 9.99. The number of hydrogen-bond donors (Lipinski definition) is 2. The average Bonchev–Trinajstić information content (AvgIpc) is 2.40. The number of ether oxygens (including phenoxy) is 1. The number of rotatable bonds is 9. The zero-order valence-electron chi connectivity index (χ0n) is 12.3. The summed E-state index contributed by atoms with van der Waals surface area (Å²) in [4.78, 5) is 21.8. The van der Waals surface area contributed by atoms with Crippen LogP contribution in [0, 0.1) is 6.92 Å². The van der Waals surface area contributed by atoms with Crippen LogP contribution in [0.4, 0.5) is 0 Å². The molecule has 1 amide bonds. The minimum absolute atomic E-state index is 0.328. The van der Waals surface area contributed by atoms with E-state index in [0.717, 1.165) is 23.5 Å². The van der Waals surface area contributed by atoms with Gasteiger partial charge < -0.3 is 15.2 Å². The molecular formula is C15H21NO4S. The Kier molecular flexibility index (Phi) is 7.68. The number of carboxylic acids is 1. The zero-order valence-corrected chi connectivity index (χ0v) is 13.1. The van der Waals surface area contributed by atoms with Crippen LogP contribution in [0.3, 0.4) is 0 Å². The second-order valence-electron chi connectivity index (χ2n) is 4.68. The van der Waals surface area contributed by atoms with Crippen molar-refractivity contribution in [2.24, 2.45) is 0 Å². The van der Waals surface area contributed by atoms with Crippen LogP contribution in [0.15, 0.2) is 24.3 Å². The standard InChI is InChI=1S/C15H21NO4S/c1-11-5-3-6-13(9-11)20-7-4-8-21-10-14(15(18)19)16-12(2)17/h3,5-6,9,14H,4,7-8,10H2,1-2H3,(H,16,17)(H,18,19).